The molecule has 0 aromatic heterocycles. The molecule has 0 aliphatic rings. The molecule has 0 amide bonds. The first-order valence-corrected chi connectivity index (χ1v) is 4.44. The number of hydrogen-bond donors (Lipinski definition) is 2. The van der Waals surface area contributed by atoms with Crippen molar-refractivity contribution in [3.63, 3.8) is 0 Å². The summed E-state index contributed by atoms with van der Waals surface area (Å²) >= 11 is 0. The van der Waals surface area contributed by atoms with Gasteiger partial charge in [0.1, 0.15) is 5.82 Å². The van der Waals surface area contributed by atoms with Crippen LogP contribution in [0.2, 0.25) is 0 Å². The Morgan fingerprint density at radius 3 is 2.79 bits per heavy atom. The first kappa shape index (κ1) is 11.1. The maximum Gasteiger partial charge on any atom is 0.129 e. The largest absolute Gasteiger partial charge is 0.394 e. The molecule has 1 rings (SSSR count). The molecule has 0 atom stereocenters. The molecular weight excluding hydrogens is 185 g/mol. The summed E-state index contributed by atoms with van der Waals surface area (Å²) < 4.78 is 18.3. The Morgan fingerprint density at radius 2 is 2.21 bits per heavy atom. The van der Waals surface area contributed by atoms with Gasteiger partial charge in [0.25, 0.3) is 0 Å². The minimum Gasteiger partial charge on any atom is -0.394 e. The van der Waals surface area contributed by atoms with E-state index in [2.05, 4.69) is 0 Å². The average Bonchev–Trinajstić information content (AvgIpc) is 2.20. The van der Waals surface area contributed by atoms with E-state index in [9.17, 15) is 4.39 Å². The first-order valence-electron chi connectivity index (χ1n) is 4.44. The molecule has 14 heavy (non-hydrogen) atoms. The SMILES string of the molecule is NCc1ccc(COCCO)c(F)c1. The van der Waals surface area contributed by atoms with Crippen LogP contribution >= 0.6 is 0 Å². The van der Waals surface area contributed by atoms with Gasteiger partial charge in [-0.05, 0) is 11.6 Å². The van der Waals surface area contributed by atoms with Crippen LogP contribution in [-0.4, -0.2) is 18.3 Å². The van der Waals surface area contributed by atoms with E-state index in [1.807, 2.05) is 0 Å². The van der Waals surface area contributed by atoms with Crippen LogP contribution in [0.1, 0.15) is 11.1 Å². The van der Waals surface area contributed by atoms with Gasteiger partial charge in [0.15, 0.2) is 0 Å². The molecule has 3 N–H and O–H groups in total. The number of aliphatic hydroxyl groups is 1. The Kier molecular flexibility index (Phi) is 4.52. The maximum atomic E-state index is 13.3. The third-order valence-electron chi connectivity index (χ3n) is 1.85. The van der Waals surface area contributed by atoms with Gasteiger partial charge in [-0.1, -0.05) is 12.1 Å². The Balaban J connectivity index is 2.59. The number of ether oxygens (including phenoxy) is 1. The second kappa shape index (κ2) is 5.70. The highest BCUT2D eigenvalue weighted by atomic mass is 19.1. The Bertz CT molecular complexity index is 291. The first-order chi connectivity index (χ1) is 6.77. The van der Waals surface area contributed by atoms with Crippen LogP contribution in [0.4, 0.5) is 4.39 Å². The van der Waals surface area contributed by atoms with Gasteiger partial charge in [0.2, 0.25) is 0 Å². The predicted molar refractivity (Wildman–Crippen MR) is 51.0 cm³/mol. The van der Waals surface area contributed by atoms with E-state index in [1.54, 1.807) is 12.1 Å². The van der Waals surface area contributed by atoms with Crippen molar-refractivity contribution in [1.29, 1.82) is 0 Å². The Hall–Kier alpha value is -0.970. The fraction of sp³-hybridized carbons (Fsp3) is 0.400. The molecule has 0 radical (unpaired) electrons. The van der Waals surface area contributed by atoms with Crippen LogP contribution in [0.25, 0.3) is 0 Å². The number of halogens is 1. The van der Waals surface area contributed by atoms with Crippen molar-refractivity contribution in [2.24, 2.45) is 5.73 Å². The predicted octanol–water partition coefficient (Wildman–Crippen LogP) is 0.793. The average molecular weight is 199 g/mol. The summed E-state index contributed by atoms with van der Waals surface area (Å²) in [7, 11) is 0. The van der Waals surface area contributed by atoms with Crippen molar-refractivity contribution in [2.75, 3.05) is 13.2 Å². The zero-order valence-corrected chi connectivity index (χ0v) is 7.87. The smallest absolute Gasteiger partial charge is 0.129 e. The molecule has 0 aliphatic carbocycles. The molecular formula is C10H14FNO2. The van der Waals surface area contributed by atoms with E-state index in [4.69, 9.17) is 15.6 Å². The minimum atomic E-state index is -0.314. The van der Waals surface area contributed by atoms with Crippen LogP contribution in [0.3, 0.4) is 0 Å². The van der Waals surface area contributed by atoms with Gasteiger partial charge in [0, 0.05) is 12.1 Å². The highest BCUT2D eigenvalue weighted by molar-refractivity contribution is 5.23. The zero-order valence-electron chi connectivity index (χ0n) is 7.87. The van der Waals surface area contributed by atoms with E-state index < -0.39 is 0 Å². The molecule has 0 aliphatic heterocycles. The van der Waals surface area contributed by atoms with E-state index >= 15 is 0 Å². The van der Waals surface area contributed by atoms with E-state index in [0.29, 0.717) is 12.1 Å². The molecule has 0 fully saturated rings. The van der Waals surface area contributed by atoms with Crippen molar-refractivity contribution in [2.45, 2.75) is 13.2 Å². The highest BCUT2D eigenvalue weighted by Crippen LogP contribution is 2.11. The third kappa shape index (κ3) is 3.06. The van der Waals surface area contributed by atoms with Crippen molar-refractivity contribution in [3.05, 3.63) is 35.1 Å². The monoisotopic (exact) mass is 199 g/mol. The lowest BCUT2D eigenvalue weighted by Crippen LogP contribution is -2.03. The van der Waals surface area contributed by atoms with Crippen molar-refractivity contribution in [1.82, 2.24) is 0 Å². The molecule has 0 heterocycles. The summed E-state index contributed by atoms with van der Waals surface area (Å²) in [6, 6.07) is 4.81. The second-order valence-electron chi connectivity index (χ2n) is 2.91. The summed E-state index contributed by atoms with van der Waals surface area (Å²) in [6.45, 7) is 0.673. The van der Waals surface area contributed by atoms with Crippen molar-refractivity contribution < 1.29 is 14.2 Å². The molecule has 0 saturated heterocycles. The number of nitrogens with two attached hydrogens (primary N) is 1. The molecule has 0 bridgehead atoms. The standard InChI is InChI=1S/C10H14FNO2/c11-10-5-8(6-12)1-2-9(10)7-14-4-3-13/h1-2,5,13H,3-4,6-7,12H2. The third-order valence-corrected chi connectivity index (χ3v) is 1.85. The number of rotatable bonds is 5. The van der Waals surface area contributed by atoms with Gasteiger partial charge in [-0.25, -0.2) is 4.39 Å². The van der Waals surface area contributed by atoms with Gasteiger partial charge < -0.3 is 15.6 Å². The van der Waals surface area contributed by atoms with Crippen LogP contribution in [0, 0.1) is 5.82 Å². The molecule has 3 nitrogen and oxygen atoms in total. The number of hydrogen-bond acceptors (Lipinski definition) is 3. The Morgan fingerprint density at radius 1 is 1.43 bits per heavy atom. The van der Waals surface area contributed by atoms with Crippen molar-refractivity contribution >= 4 is 0 Å². The second-order valence-corrected chi connectivity index (χ2v) is 2.91. The summed E-state index contributed by atoms with van der Waals surface area (Å²) in [5.41, 5.74) is 6.60. The highest BCUT2D eigenvalue weighted by Gasteiger charge is 2.02. The molecule has 0 unspecified atom stereocenters. The lowest BCUT2D eigenvalue weighted by molar-refractivity contribution is 0.0799. The van der Waals surface area contributed by atoms with E-state index in [0.717, 1.165) is 5.56 Å². The molecule has 1 aromatic carbocycles. The van der Waals surface area contributed by atoms with Gasteiger partial charge in [0.05, 0.1) is 19.8 Å². The zero-order chi connectivity index (χ0) is 10.4. The molecule has 78 valence electrons. The van der Waals surface area contributed by atoms with Gasteiger partial charge in [-0.3, -0.25) is 0 Å². The lowest BCUT2D eigenvalue weighted by Gasteiger charge is -2.05. The topological polar surface area (TPSA) is 55.5 Å². The summed E-state index contributed by atoms with van der Waals surface area (Å²) in [6.07, 6.45) is 0. The molecule has 1 aromatic rings. The van der Waals surface area contributed by atoms with Crippen LogP contribution in [-0.2, 0) is 17.9 Å². The fourth-order valence-electron chi connectivity index (χ4n) is 1.08. The summed E-state index contributed by atoms with van der Waals surface area (Å²) in [5, 5.41) is 8.46. The quantitative estimate of drug-likeness (QED) is 0.689. The molecule has 0 spiro atoms. The van der Waals surface area contributed by atoms with Gasteiger partial charge in [-0.15, -0.1) is 0 Å². The van der Waals surface area contributed by atoms with Crippen molar-refractivity contribution in [3.8, 4) is 0 Å². The minimum absolute atomic E-state index is 0.0531. The Labute approximate surface area is 82.3 Å². The van der Waals surface area contributed by atoms with Gasteiger partial charge in [-0.2, -0.15) is 0 Å². The summed E-state index contributed by atoms with van der Waals surface area (Å²) in [5.74, 6) is -0.314. The molecule has 0 saturated carbocycles. The number of aliphatic hydroxyl groups excluding tert-OH is 1. The summed E-state index contributed by atoms with van der Waals surface area (Å²) in [4.78, 5) is 0. The van der Waals surface area contributed by atoms with E-state index in [1.165, 1.54) is 6.07 Å². The number of benzene rings is 1. The maximum absolute atomic E-state index is 13.3. The van der Waals surface area contributed by atoms with Gasteiger partial charge >= 0.3 is 0 Å². The normalized spacial score (nSPS) is 10.5. The lowest BCUT2D eigenvalue weighted by atomic mass is 10.1. The van der Waals surface area contributed by atoms with Crippen LogP contribution < -0.4 is 5.73 Å². The van der Waals surface area contributed by atoms with E-state index in [-0.39, 0.29) is 25.6 Å². The molecule has 4 heteroatoms. The van der Waals surface area contributed by atoms with Crippen LogP contribution in [0.5, 0.6) is 0 Å². The van der Waals surface area contributed by atoms with Crippen LogP contribution in [0.15, 0.2) is 18.2 Å². The fourth-order valence-corrected chi connectivity index (χ4v) is 1.08.